The lowest BCUT2D eigenvalue weighted by Crippen LogP contribution is -1.99. The van der Waals surface area contributed by atoms with Gasteiger partial charge in [-0.05, 0) is 42.0 Å². The van der Waals surface area contributed by atoms with E-state index >= 15 is 0 Å². The molecule has 3 rings (SSSR count). The number of aromatic nitrogens is 2. The minimum atomic E-state index is 0.832. The molecule has 90 valence electrons. The molecule has 0 saturated carbocycles. The molecule has 2 aromatic heterocycles. The number of anilines is 1. The predicted molar refractivity (Wildman–Crippen MR) is 73.9 cm³/mol. The second kappa shape index (κ2) is 4.84. The van der Waals surface area contributed by atoms with Gasteiger partial charge in [-0.2, -0.15) is 0 Å². The number of aromatic amines is 1. The Hall–Kier alpha value is -2.42. The van der Waals surface area contributed by atoms with Crippen LogP contribution in [0.2, 0.25) is 0 Å². The Morgan fingerprint density at radius 2 is 1.94 bits per heavy atom. The molecule has 0 radical (unpaired) electrons. The van der Waals surface area contributed by atoms with E-state index in [1.807, 2.05) is 36.9 Å². The highest BCUT2D eigenvalue weighted by atomic mass is 14.9. The van der Waals surface area contributed by atoms with Gasteiger partial charge in [0, 0.05) is 42.7 Å². The number of H-pyrrole nitrogens is 1. The zero-order valence-corrected chi connectivity index (χ0v) is 10.0. The van der Waals surface area contributed by atoms with Crippen molar-refractivity contribution in [3.05, 3.63) is 72.8 Å². The summed E-state index contributed by atoms with van der Waals surface area (Å²) in [6, 6.07) is 14.5. The number of nitrogens with zero attached hydrogens (tertiary/aromatic N) is 1. The van der Waals surface area contributed by atoms with Crippen molar-refractivity contribution in [2.75, 3.05) is 5.32 Å². The van der Waals surface area contributed by atoms with Crippen LogP contribution < -0.4 is 5.32 Å². The second-order valence-electron chi connectivity index (χ2n) is 4.21. The van der Waals surface area contributed by atoms with Gasteiger partial charge in [0.2, 0.25) is 0 Å². The van der Waals surface area contributed by atoms with Gasteiger partial charge in [0.05, 0.1) is 0 Å². The summed E-state index contributed by atoms with van der Waals surface area (Å²) in [6.07, 6.45) is 8.03. The fraction of sp³-hybridized carbons (Fsp3) is 0.0667. The van der Waals surface area contributed by atoms with Gasteiger partial charge in [0.15, 0.2) is 0 Å². The van der Waals surface area contributed by atoms with Crippen LogP contribution in [0.5, 0.6) is 0 Å². The monoisotopic (exact) mass is 237 g/mol. The summed E-state index contributed by atoms with van der Waals surface area (Å²) in [5.41, 5.74) is 3.54. The summed E-state index contributed by atoms with van der Waals surface area (Å²) < 4.78 is 2.10. The van der Waals surface area contributed by atoms with E-state index in [2.05, 4.69) is 45.2 Å². The fourth-order valence-electron chi connectivity index (χ4n) is 1.96. The minimum Gasteiger partial charge on any atom is -0.381 e. The molecule has 1 aromatic carbocycles. The zero-order chi connectivity index (χ0) is 12.2. The fourth-order valence-corrected chi connectivity index (χ4v) is 1.96. The lowest BCUT2D eigenvalue weighted by atomic mass is 10.2. The van der Waals surface area contributed by atoms with Crippen molar-refractivity contribution in [2.24, 2.45) is 0 Å². The van der Waals surface area contributed by atoms with Gasteiger partial charge in [-0.15, -0.1) is 0 Å². The molecule has 0 spiro atoms. The topological polar surface area (TPSA) is 32.8 Å². The van der Waals surface area contributed by atoms with Crippen molar-refractivity contribution in [3.63, 3.8) is 0 Å². The van der Waals surface area contributed by atoms with E-state index in [4.69, 9.17) is 0 Å². The van der Waals surface area contributed by atoms with Crippen LogP contribution >= 0.6 is 0 Å². The Morgan fingerprint density at radius 1 is 1.06 bits per heavy atom. The quantitative estimate of drug-likeness (QED) is 0.716. The summed E-state index contributed by atoms with van der Waals surface area (Å²) in [7, 11) is 0. The van der Waals surface area contributed by atoms with Crippen molar-refractivity contribution in [3.8, 4) is 5.69 Å². The van der Waals surface area contributed by atoms with E-state index in [-0.39, 0.29) is 0 Å². The van der Waals surface area contributed by atoms with Crippen molar-refractivity contribution in [1.82, 2.24) is 9.55 Å². The second-order valence-corrected chi connectivity index (χ2v) is 4.21. The zero-order valence-electron chi connectivity index (χ0n) is 10.0. The molecular formula is C15H15N3. The van der Waals surface area contributed by atoms with E-state index in [1.54, 1.807) is 0 Å². The highest BCUT2D eigenvalue weighted by Gasteiger charge is 1.98. The van der Waals surface area contributed by atoms with E-state index < -0.39 is 0 Å². The number of rotatable bonds is 4. The van der Waals surface area contributed by atoms with Gasteiger partial charge in [0.25, 0.3) is 0 Å². The smallest absolute Gasteiger partial charge is 0.0469 e. The van der Waals surface area contributed by atoms with Gasteiger partial charge in [0.1, 0.15) is 0 Å². The molecule has 0 aliphatic heterocycles. The predicted octanol–water partition coefficient (Wildman–Crippen LogP) is 3.42. The third-order valence-electron chi connectivity index (χ3n) is 2.91. The highest BCUT2D eigenvalue weighted by molar-refractivity contribution is 5.51. The number of nitrogens with one attached hydrogen (secondary N) is 2. The molecule has 0 atom stereocenters. The lowest BCUT2D eigenvalue weighted by Gasteiger charge is -2.08. The van der Waals surface area contributed by atoms with Gasteiger partial charge in [-0.25, -0.2) is 0 Å². The molecule has 0 aliphatic carbocycles. The first-order valence-electron chi connectivity index (χ1n) is 6.01. The van der Waals surface area contributed by atoms with Crippen molar-refractivity contribution < 1.29 is 0 Å². The molecule has 3 nitrogen and oxygen atoms in total. The van der Waals surface area contributed by atoms with Crippen LogP contribution in [0.1, 0.15) is 5.56 Å². The molecule has 3 aromatic rings. The third kappa shape index (κ3) is 2.30. The maximum atomic E-state index is 3.42. The molecule has 18 heavy (non-hydrogen) atoms. The summed E-state index contributed by atoms with van der Waals surface area (Å²) in [5.74, 6) is 0. The van der Waals surface area contributed by atoms with Gasteiger partial charge in [-0.3, -0.25) is 0 Å². The SMILES string of the molecule is c1cc(NCc2cc[nH]c2)cc(-n2cccc2)c1. The normalized spacial score (nSPS) is 10.4. The largest absolute Gasteiger partial charge is 0.381 e. The van der Waals surface area contributed by atoms with Crippen molar-refractivity contribution in [1.29, 1.82) is 0 Å². The first-order valence-corrected chi connectivity index (χ1v) is 6.01. The molecule has 0 aliphatic rings. The van der Waals surface area contributed by atoms with Crippen LogP contribution in [0.15, 0.2) is 67.3 Å². The lowest BCUT2D eigenvalue weighted by molar-refractivity contribution is 1.07. The maximum absolute atomic E-state index is 3.42. The summed E-state index contributed by atoms with van der Waals surface area (Å²) in [5, 5.41) is 3.42. The van der Waals surface area contributed by atoms with E-state index in [1.165, 1.54) is 11.3 Å². The molecule has 2 N–H and O–H groups in total. The van der Waals surface area contributed by atoms with Crippen LogP contribution in [0.4, 0.5) is 5.69 Å². The van der Waals surface area contributed by atoms with Gasteiger partial charge in [-0.1, -0.05) is 6.07 Å². The number of hydrogen-bond donors (Lipinski definition) is 2. The molecule has 0 saturated heterocycles. The van der Waals surface area contributed by atoms with Crippen molar-refractivity contribution in [2.45, 2.75) is 6.54 Å². The van der Waals surface area contributed by atoms with E-state index in [0.29, 0.717) is 0 Å². The molecule has 0 fully saturated rings. The summed E-state index contributed by atoms with van der Waals surface area (Å²) in [4.78, 5) is 3.06. The minimum absolute atomic E-state index is 0.832. The Kier molecular flexibility index (Phi) is 2.88. The first-order chi connectivity index (χ1) is 8.92. The number of hydrogen-bond acceptors (Lipinski definition) is 1. The third-order valence-corrected chi connectivity index (χ3v) is 2.91. The maximum Gasteiger partial charge on any atom is 0.0469 e. The summed E-state index contributed by atoms with van der Waals surface area (Å²) >= 11 is 0. The van der Waals surface area contributed by atoms with E-state index in [9.17, 15) is 0 Å². The average Bonchev–Trinajstić information content (AvgIpc) is 3.10. The van der Waals surface area contributed by atoms with Crippen LogP contribution in [0.25, 0.3) is 5.69 Å². The molecule has 2 heterocycles. The molecule has 3 heteroatoms. The van der Waals surface area contributed by atoms with Crippen LogP contribution in [-0.2, 0) is 6.54 Å². The average molecular weight is 237 g/mol. The molecular weight excluding hydrogens is 222 g/mol. The molecule has 0 amide bonds. The highest BCUT2D eigenvalue weighted by Crippen LogP contribution is 2.15. The summed E-state index contributed by atoms with van der Waals surface area (Å²) in [6.45, 7) is 0.832. The van der Waals surface area contributed by atoms with E-state index in [0.717, 1.165) is 12.2 Å². The standard InChI is InChI=1S/C15H15N3/c1-2-9-18(8-1)15-5-3-4-14(10-15)17-12-13-6-7-16-11-13/h1-11,16-17H,12H2. The van der Waals surface area contributed by atoms with Crippen LogP contribution in [-0.4, -0.2) is 9.55 Å². The van der Waals surface area contributed by atoms with Crippen molar-refractivity contribution >= 4 is 5.69 Å². The Balaban J connectivity index is 1.75. The van der Waals surface area contributed by atoms with Gasteiger partial charge < -0.3 is 14.9 Å². The Labute approximate surface area is 106 Å². The van der Waals surface area contributed by atoms with Crippen LogP contribution in [0.3, 0.4) is 0 Å². The Morgan fingerprint density at radius 3 is 2.72 bits per heavy atom. The molecule has 0 bridgehead atoms. The van der Waals surface area contributed by atoms with Crippen LogP contribution in [0, 0.1) is 0 Å². The molecule has 0 unspecified atom stereocenters. The number of benzene rings is 1. The Bertz CT molecular complexity index is 594. The van der Waals surface area contributed by atoms with Gasteiger partial charge >= 0.3 is 0 Å². The first kappa shape index (κ1) is 10.7.